The molecule has 2 amide bonds. The minimum atomic E-state index is -0.475. The van der Waals surface area contributed by atoms with E-state index in [4.69, 9.17) is 0 Å². The summed E-state index contributed by atoms with van der Waals surface area (Å²) in [7, 11) is 0. The quantitative estimate of drug-likeness (QED) is 0.719. The smallest absolute Gasteiger partial charge is 0.316 e. The van der Waals surface area contributed by atoms with E-state index < -0.39 is 11.8 Å². The van der Waals surface area contributed by atoms with Crippen LogP contribution in [0.25, 0.3) is 0 Å². The number of para-hydroxylation sites is 1. The van der Waals surface area contributed by atoms with E-state index >= 15 is 0 Å². The first-order valence-corrected chi connectivity index (χ1v) is 8.87. The lowest BCUT2D eigenvalue weighted by Crippen LogP contribution is -2.45. The molecule has 2 aromatic rings. The molecule has 0 saturated heterocycles. The van der Waals surface area contributed by atoms with Crippen LogP contribution >= 0.6 is 0 Å². The van der Waals surface area contributed by atoms with Gasteiger partial charge in [-0.05, 0) is 30.5 Å². The molecular formula is C21H26N2O2. The zero-order valence-corrected chi connectivity index (χ0v) is 15.0. The highest BCUT2D eigenvalue weighted by Crippen LogP contribution is 2.18. The molecule has 4 heteroatoms. The van der Waals surface area contributed by atoms with Crippen molar-refractivity contribution in [3.8, 4) is 0 Å². The van der Waals surface area contributed by atoms with Gasteiger partial charge in [-0.25, -0.2) is 0 Å². The van der Waals surface area contributed by atoms with Crippen molar-refractivity contribution >= 4 is 17.5 Å². The first-order valence-electron chi connectivity index (χ1n) is 8.87. The number of benzene rings is 2. The summed E-state index contributed by atoms with van der Waals surface area (Å²) in [5, 5.41) is 0. The summed E-state index contributed by atoms with van der Waals surface area (Å²) >= 11 is 0. The minimum Gasteiger partial charge on any atom is -0.334 e. The monoisotopic (exact) mass is 338 g/mol. The number of carbonyl (C=O) groups is 2. The predicted molar refractivity (Wildman–Crippen MR) is 101 cm³/mol. The lowest BCUT2D eigenvalue weighted by atomic mass is 10.2. The number of rotatable bonds is 7. The standard InChI is InChI=1S/C21H26N2O2/c1-3-15-22(16-4-2)20(24)21(25)23(19-13-9-6-10-14-19)17-18-11-7-5-8-12-18/h5-14H,3-4,15-17H2,1-2H3. The summed E-state index contributed by atoms with van der Waals surface area (Å²) in [6.45, 7) is 5.61. The number of amides is 2. The first kappa shape index (κ1) is 18.7. The van der Waals surface area contributed by atoms with E-state index in [1.54, 1.807) is 9.80 Å². The van der Waals surface area contributed by atoms with Crippen molar-refractivity contribution in [2.75, 3.05) is 18.0 Å². The lowest BCUT2D eigenvalue weighted by Gasteiger charge is -2.27. The van der Waals surface area contributed by atoms with Crippen molar-refractivity contribution in [3.05, 3.63) is 66.2 Å². The zero-order valence-electron chi connectivity index (χ0n) is 15.0. The summed E-state index contributed by atoms with van der Waals surface area (Å²) in [6, 6.07) is 19.1. The molecule has 0 N–H and O–H groups in total. The molecule has 0 bridgehead atoms. The Morgan fingerprint density at radius 2 is 1.28 bits per heavy atom. The van der Waals surface area contributed by atoms with Gasteiger partial charge < -0.3 is 4.90 Å². The zero-order chi connectivity index (χ0) is 18.1. The fourth-order valence-corrected chi connectivity index (χ4v) is 2.76. The van der Waals surface area contributed by atoms with E-state index in [-0.39, 0.29) is 0 Å². The van der Waals surface area contributed by atoms with Crippen LogP contribution in [0.4, 0.5) is 5.69 Å². The van der Waals surface area contributed by atoms with Gasteiger partial charge in [-0.15, -0.1) is 0 Å². The molecule has 2 rings (SSSR count). The SMILES string of the molecule is CCCN(CCC)C(=O)C(=O)N(Cc1ccccc1)c1ccccc1. The molecule has 0 heterocycles. The lowest BCUT2D eigenvalue weighted by molar-refractivity contribution is -0.144. The molecule has 4 nitrogen and oxygen atoms in total. The van der Waals surface area contributed by atoms with Crippen LogP contribution in [0.3, 0.4) is 0 Å². The van der Waals surface area contributed by atoms with Crippen molar-refractivity contribution in [1.29, 1.82) is 0 Å². The van der Waals surface area contributed by atoms with E-state index in [0.29, 0.717) is 19.6 Å². The van der Waals surface area contributed by atoms with Crippen molar-refractivity contribution in [1.82, 2.24) is 4.90 Å². The van der Waals surface area contributed by atoms with Crippen LogP contribution in [0.5, 0.6) is 0 Å². The van der Waals surface area contributed by atoms with Crippen LogP contribution < -0.4 is 4.90 Å². The molecule has 0 saturated carbocycles. The molecule has 0 unspecified atom stereocenters. The maximum Gasteiger partial charge on any atom is 0.316 e. The number of carbonyl (C=O) groups excluding carboxylic acids is 2. The van der Waals surface area contributed by atoms with Crippen LogP contribution in [0.2, 0.25) is 0 Å². The number of nitrogens with zero attached hydrogens (tertiary/aromatic N) is 2. The molecule has 0 spiro atoms. The summed E-state index contributed by atoms with van der Waals surface area (Å²) in [6.07, 6.45) is 1.67. The van der Waals surface area contributed by atoms with E-state index in [2.05, 4.69) is 0 Å². The van der Waals surface area contributed by atoms with Crippen LogP contribution in [0.1, 0.15) is 32.3 Å². The highest BCUT2D eigenvalue weighted by molar-refractivity contribution is 6.40. The fraction of sp³-hybridized carbons (Fsp3) is 0.333. The molecule has 0 aliphatic heterocycles. The second-order valence-corrected chi connectivity index (χ2v) is 6.00. The van der Waals surface area contributed by atoms with E-state index in [9.17, 15) is 9.59 Å². The molecule has 0 atom stereocenters. The van der Waals surface area contributed by atoms with Crippen molar-refractivity contribution in [2.45, 2.75) is 33.2 Å². The van der Waals surface area contributed by atoms with Crippen molar-refractivity contribution in [2.24, 2.45) is 0 Å². The maximum absolute atomic E-state index is 13.0. The average Bonchev–Trinajstić information content (AvgIpc) is 2.66. The molecule has 0 aromatic heterocycles. The summed E-state index contributed by atoms with van der Waals surface area (Å²) in [4.78, 5) is 29.0. The van der Waals surface area contributed by atoms with Gasteiger partial charge in [0.25, 0.3) is 0 Å². The number of anilines is 1. The topological polar surface area (TPSA) is 40.6 Å². The van der Waals surface area contributed by atoms with E-state index in [1.165, 1.54) is 0 Å². The molecule has 132 valence electrons. The van der Waals surface area contributed by atoms with Crippen molar-refractivity contribution in [3.63, 3.8) is 0 Å². The van der Waals surface area contributed by atoms with E-state index in [1.807, 2.05) is 74.5 Å². The summed E-state index contributed by atoms with van der Waals surface area (Å²) < 4.78 is 0. The summed E-state index contributed by atoms with van der Waals surface area (Å²) in [5.41, 5.74) is 1.72. The third-order valence-electron chi connectivity index (χ3n) is 3.95. The highest BCUT2D eigenvalue weighted by atomic mass is 16.2. The molecule has 0 fully saturated rings. The maximum atomic E-state index is 13.0. The molecule has 25 heavy (non-hydrogen) atoms. The number of hydrogen-bond donors (Lipinski definition) is 0. The normalized spacial score (nSPS) is 10.3. The van der Waals surface area contributed by atoms with Gasteiger partial charge >= 0.3 is 11.8 Å². The summed E-state index contributed by atoms with van der Waals surface area (Å²) in [5.74, 6) is -0.902. The van der Waals surface area contributed by atoms with Gasteiger partial charge in [0.2, 0.25) is 0 Å². The Labute approximate surface area is 150 Å². The van der Waals surface area contributed by atoms with Crippen LogP contribution in [0.15, 0.2) is 60.7 Å². The fourth-order valence-electron chi connectivity index (χ4n) is 2.76. The molecule has 0 aliphatic carbocycles. The molecular weight excluding hydrogens is 312 g/mol. The van der Waals surface area contributed by atoms with E-state index in [0.717, 1.165) is 24.1 Å². The predicted octanol–water partition coefficient (Wildman–Crippen LogP) is 3.87. The third kappa shape index (κ3) is 5.18. The first-order chi connectivity index (χ1) is 12.2. The minimum absolute atomic E-state index is 0.377. The van der Waals surface area contributed by atoms with Crippen LogP contribution in [0, 0.1) is 0 Å². The Hall–Kier alpha value is -2.62. The van der Waals surface area contributed by atoms with Crippen molar-refractivity contribution < 1.29 is 9.59 Å². The van der Waals surface area contributed by atoms with Crippen LogP contribution in [-0.2, 0) is 16.1 Å². The van der Waals surface area contributed by atoms with Gasteiger partial charge in [-0.2, -0.15) is 0 Å². The number of hydrogen-bond acceptors (Lipinski definition) is 2. The van der Waals surface area contributed by atoms with Gasteiger partial charge in [0, 0.05) is 18.8 Å². The largest absolute Gasteiger partial charge is 0.334 e. The van der Waals surface area contributed by atoms with Gasteiger partial charge in [-0.3, -0.25) is 14.5 Å². The van der Waals surface area contributed by atoms with Gasteiger partial charge in [-0.1, -0.05) is 62.4 Å². The Kier molecular flexibility index (Phi) is 7.20. The Morgan fingerprint density at radius 3 is 1.80 bits per heavy atom. The highest BCUT2D eigenvalue weighted by Gasteiger charge is 2.27. The van der Waals surface area contributed by atoms with Crippen LogP contribution in [-0.4, -0.2) is 29.8 Å². The Balaban J connectivity index is 2.27. The second-order valence-electron chi connectivity index (χ2n) is 6.00. The Morgan fingerprint density at radius 1 is 0.760 bits per heavy atom. The van der Waals surface area contributed by atoms with Gasteiger partial charge in [0.05, 0.1) is 6.54 Å². The van der Waals surface area contributed by atoms with Gasteiger partial charge in [0.1, 0.15) is 0 Å². The molecule has 2 aromatic carbocycles. The van der Waals surface area contributed by atoms with Gasteiger partial charge in [0.15, 0.2) is 0 Å². The molecule has 0 radical (unpaired) electrons. The molecule has 0 aliphatic rings. The third-order valence-corrected chi connectivity index (χ3v) is 3.95. The Bertz CT molecular complexity index is 665. The average molecular weight is 338 g/mol. The second kappa shape index (κ2) is 9.62.